The Morgan fingerprint density at radius 1 is 1.70 bits per heavy atom. The number of rotatable bonds is 0. The van der Waals surface area contributed by atoms with E-state index in [1.54, 1.807) is 0 Å². The number of halogens is 2. The second-order valence-electron chi connectivity index (χ2n) is 1.58. The van der Waals surface area contributed by atoms with Crippen LogP contribution in [0.15, 0.2) is 16.7 Å². The van der Waals surface area contributed by atoms with E-state index in [1.165, 1.54) is 12.3 Å². The maximum absolute atomic E-state index is 12.5. The fraction of sp³-hybridized carbons (Fsp3) is 0. The molecule has 0 spiro atoms. The third-order valence-electron chi connectivity index (χ3n) is 0.967. The van der Waals surface area contributed by atoms with E-state index < -0.39 is 5.95 Å². The lowest BCUT2D eigenvalue weighted by molar-refractivity contribution is 0.576. The predicted octanol–water partition coefficient (Wildman–Crippen LogP) is 1.85. The molecule has 1 rings (SSSR count). The zero-order valence-electron chi connectivity index (χ0n) is 4.81. The van der Waals surface area contributed by atoms with Gasteiger partial charge in [0, 0.05) is 6.20 Å². The summed E-state index contributed by atoms with van der Waals surface area (Å²) in [7, 11) is 0. The van der Waals surface area contributed by atoms with Crippen LogP contribution in [0.5, 0.6) is 0 Å². The molecular weight excluding hydrogens is 199 g/mol. The van der Waals surface area contributed by atoms with Gasteiger partial charge in [0.1, 0.15) is 6.07 Å². The Morgan fingerprint density at radius 3 is 2.90 bits per heavy atom. The lowest BCUT2D eigenvalue weighted by Gasteiger charge is -1.92. The van der Waals surface area contributed by atoms with Crippen LogP contribution in [-0.4, -0.2) is 4.98 Å². The smallest absolute Gasteiger partial charge is 0.227 e. The fourth-order valence-electron chi connectivity index (χ4n) is 0.505. The van der Waals surface area contributed by atoms with Crippen molar-refractivity contribution in [1.82, 2.24) is 4.98 Å². The summed E-state index contributed by atoms with van der Waals surface area (Å²) in [6, 6.07) is 3.25. The highest BCUT2D eigenvalue weighted by molar-refractivity contribution is 9.10. The molecule has 1 aromatic rings. The van der Waals surface area contributed by atoms with Crippen LogP contribution in [0, 0.1) is 17.3 Å². The van der Waals surface area contributed by atoms with Crippen molar-refractivity contribution in [3.63, 3.8) is 0 Å². The van der Waals surface area contributed by atoms with E-state index in [4.69, 9.17) is 5.26 Å². The minimum Gasteiger partial charge on any atom is -0.227 e. The van der Waals surface area contributed by atoms with Crippen molar-refractivity contribution in [2.75, 3.05) is 0 Å². The van der Waals surface area contributed by atoms with Gasteiger partial charge in [-0.2, -0.15) is 9.65 Å². The molecule has 0 N–H and O–H groups in total. The van der Waals surface area contributed by atoms with E-state index in [9.17, 15) is 4.39 Å². The maximum atomic E-state index is 12.5. The van der Waals surface area contributed by atoms with Crippen LogP contribution < -0.4 is 0 Å². The van der Waals surface area contributed by atoms with Gasteiger partial charge in [0.2, 0.25) is 5.95 Å². The summed E-state index contributed by atoms with van der Waals surface area (Å²) in [5.74, 6) is -0.654. The third-order valence-corrected chi connectivity index (χ3v) is 1.72. The van der Waals surface area contributed by atoms with Crippen LogP contribution in [0.4, 0.5) is 4.39 Å². The van der Waals surface area contributed by atoms with Crippen molar-refractivity contribution in [1.29, 1.82) is 5.26 Å². The summed E-state index contributed by atoms with van der Waals surface area (Å²) >= 11 is 2.88. The van der Waals surface area contributed by atoms with Gasteiger partial charge in [-0.05, 0) is 22.0 Å². The second kappa shape index (κ2) is 2.76. The summed E-state index contributed by atoms with van der Waals surface area (Å²) in [6.07, 6.45) is 1.25. The Hall–Kier alpha value is -0.950. The molecule has 0 unspecified atom stereocenters. The molecule has 0 aromatic carbocycles. The molecule has 0 saturated carbocycles. The van der Waals surface area contributed by atoms with Crippen LogP contribution in [0.1, 0.15) is 5.56 Å². The topological polar surface area (TPSA) is 36.7 Å². The molecule has 0 fully saturated rings. The molecule has 0 aliphatic carbocycles. The summed E-state index contributed by atoms with van der Waals surface area (Å²) in [5.41, 5.74) is 0.257. The van der Waals surface area contributed by atoms with E-state index in [2.05, 4.69) is 20.9 Å². The van der Waals surface area contributed by atoms with Gasteiger partial charge in [-0.15, -0.1) is 0 Å². The van der Waals surface area contributed by atoms with Gasteiger partial charge in [0.05, 0.1) is 10.0 Å². The summed E-state index contributed by atoms with van der Waals surface area (Å²) < 4.78 is 12.6. The molecule has 0 aliphatic heterocycles. The molecule has 1 heterocycles. The third kappa shape index (κ3) is 1.14. The molecule has 2 nitrogen and oxygen atoms in total. The van der Waals surface area contributed by atoms with Gasteiger partial charge in [-0.1, -0.05) is 0 Å². The Labute approximate surface area is 65.4 Å². The number of hydrogen-bond acceptors (Lipinski definition) is 2. The SMILES string of the molecule is N#Cc1ccnc(F)c1Br. The average Bonchev–Trinajstić information content (AvgIpc) is 1.95. The van der Waals surface area contributed by atoms with Crippen LogP contribution in [0.3, 0.4) is 0 Å². The van der Waals surface area contributed by atoms with E-state index in [1.807, 2.05) is 6.07 Å². The number of hydrogen-bond donors (Lipinski definition) is 0. The number of aromatic nitrogens is 1. The lowest BCUT2D eigenvalue weighted by atomic mass is 10.3. The number of nitrogens with zero attached hydrogens (tertiary/aromatic N) is 2. The van der Waals surface area contributed by atoms with Crippen molar-refractivity contribution < 1.29 is 4.39 Å². The molecule has 0 bridgehead atoms. The molecule has 0 radical (unpaired) electrons. The van der Waals surface area contributed by atoms with Gasteiger partial charge < -0.3 is 0 Å². The summed E-state index contributed by atoms with van der Waals surface area (Å²) in [6.45, 7) is 0. The molecule has 10 heavy (non-hydrogen) atoms. The largest absolute Gasteiger partial charge is 0.228 e. The first kappa shape index (κ1) is 7.16. The number of nitriles is 1. The molecular formula is C6H2BrFN2. The van der Waals surface area contributed by atoms with Crippen molar-refractivity contribution in [2.45, 2.75) is 0 Å². The van der Waals surface area contributed by atoms with E-state index in [0.29, 0.717) is 0 Å². The molecule has 0 amide bonds. The Balaban J connectivity index is 3.31. The fourth-order valence-corrected chi connectivity index (χ4v) is 0.828. The van der Waals surface area contributed by atoms with Gasteiger partial charge in [0.15, 0.2) is 0 Å². The van der Waals surface area contributed by atoms with Gasteiger partial charge in [-0.25, -0.2) is 4.98 Å². The van der Waals surface area contributed by atoms with E-state index in [-0.39, 0.29) is 10.0 Å². The van der Waals surface area contributed by atoms with E-state index in [0.717, 1.165) is 0 Å². The molecule has 50 valence electrons. The highest BCUT2D eigenvalue weighted by atomic mass is 79.9. The quantitative estimate of drug-likeness (QED) is 0.600. The first-order valence-corrected chi connectivity index (χ1v) is 3.25. The van der Waals surface area contributed by atoms with E-state index >= 15 is 0 Å². The minimum absolute atomic E-state index is 0.123. The van der Waals surface area contributed by atoms with Crippen molar-refractivity contribution in [3.05, 3.63) is 28.2 Å². The first-order valence-electron chi connectivity index (χ1n) is 2.46. The Bertz CT molecular complexity index is 292. The maximum Gasteiger partial charge on any atom is 0.228 e. The Kier molecular flexibility index (Phi) is 1.97. The zero-order valence-corrected chi connectivity index (χ0v) is 6.39. The minimum atomic E-state index is -0.654. The molecule has 0 saturated heterocycles. The zero-order chi connectivity index (χ0) is 7.56. The van der Waals surface area contributed by atoms with Crippen molar-refractivity contribution in [2.24, 2.45) is 0 Å². The highest BCUT2D eigenvalue weighted by Crippen LogP contribution is 2.16. The van der Waals surface area contributed by atoms with Crippen LogP contribution >= 0.6 is 15.9 Å². The molecule has 0 atom stereocenters. The van der Waals surface area contributed by atoms with Gasteiger partial charge in [0.25, 0.3) is 0 Å². The molecule has 1 aromatic heterocycles. The van der Waals surface area contributed by atoms with Crippen LogP contribution in [0.2, 0.25) is 0 Å². The van der Waals surface area contributed by atoms with Crippen molar-refractivity contribution >= 4 is 15.9 Å². The lowest BCUT2D eigenvalue weighted by Crippen LogP contribution is -1.86. The standard InChI is InChI=1S/C6H2BrFN2/c7-5-4(3-9)1-2-10-6(5)8/h1-2H. The van der Waals surface area contributed by atoms with Gasteiger partial charge in [-0.3, -0.25) is 0 Å². The first-order chi connectivity index (χ1) is 4.75. The average molecular weight is 201 g/mol. The van der Waals surface area contributed by atoms with Gasteiger partial charge >= 0.3 is 0 Å². The second-order valence-corrected chi connectivity index (χ2v) is 2.37. The predicted molar refractivity (Wildman–Crippen MR) is 36.6 cm³/mol. The summed E-state index contributed by atoms with van der Waals surface area (Å²) in [5, 5.41) is 8.37. The highest BCUT2D eigenvalue weighted by Gasteiger charge is 2.03. The summed E-state index contributed by atoms with van der Waals surface area (Å²) in [4.78, 5) is 3.32. The molecule has 0 aliphatic rings. The molecule has 4 heteroatoms. The van der Waals surface area contributed by atoms with Crippen LogP contribution in [0.25, 0.3) is 0 Å². The van der Waals surface area contributed by atoms with Crippen LogP contribution in [-0.2, 0) is 0 Å². The Morgan fingerprint density at radius 2 is 2.40 bits per heavy atom. The normalized spacial score (nSPS) is 8.90. The monoisotopic (exact) mass is 200 g/mol. The number of pyridine rings is 1. The van der Waals surface area contributed by atoms with Crippen molar-refractivity contribution in [3.8, 4) is 6.07 Å².